The van der Waals surface area contributed by atoms with Gasteiger partial charge in [-0.05, 0) is 48.4 Å². The lowest BCUT2D eigenvalue weighted by Gasteiger charge is -2.25. The van der Waals surface area contributed by atoms with Crippen LogP contribution in [0.2, 0.25) is 0 Å². The average Bonchev–Trinajstić information content (AvgIpc) is 2.89. The number of esters is 2. The maximum atomic E-state index is 13.3. The summed E-state index contributed by atoms with van der Waals surface area (Å²) in [6.45, 7) is 1.70. The van der Waals surface area contributed by atoms with E-state index < -0.39 is 35.5 Å². The standard InChI is InChI=1S/C27H27F3N2O4/c1-2-3-10-23(25(33)35-17-21-8-4-6-15-31-21)24(19-11-13-20(14-12-19)27(28,29)30)26(34)36-18-22-9-5-7-16-32-22/h4-9,11-16,23-24H,2-3,10,17-18H2,1H3. The number of nitrogens with zero attached hydrogens (tertiary/aromatic N) is 2. The molecule has 6 nitrogen and oxygen atoms in total. The van der Waals surface area contributed by atoms with Crippen molar-refractivity contribution in [3.63, 3.8) is 0 Å². The van der Waals surface area contributed by atoms with Crippen LogP contribution in [0.5, 0.6) is 0 Å². The van der Waals surface area contributed by atoms with Crippen molar-refractivity contribution >= 4 is 11.9 Å². The molecule has 0 aliphatic rings. The lowest BCUT2D eigenvalue weighted by atomic mass is 9.82. The zero-order valence-electron chi connectivity index (χ0n) is 19.8. The Labute approximate surface area is 207 Å². The Morgan fingerprint density at radius 2 is 1.39 bits per heavy atom. The topological polar surface area (TPSA) is 78.4 Å². The number of halogens is 3. The first-order valence-corrected chi connectivity index (χ1v) is 11.6. The quantitative estimate of drug-likeness (QED) is 0.306. The van der Waals surface area contributed by atoms with Crippen LogP contribution in [0.25, 0.3) is 0 Å². The van der Waals surface area contributed by atoms with Crippen molar-refractivity contribution in [2.24, 2.45) is 5.92 Å². The van der Waals surface area contributed by atoms with Crippen LogP contribution in [0.4, 0.5) is 13.2 Å². The van der Waals surface area contributed by atoms with Gasteiger partial charge in [-0.3, -0.25) is 19.6 Å². The van der Waals surface area contributed by atoms with E-state index in [1.807, 2.05) is 6.92 Å². The van der Waals surface area contributed by atoms with Crippen molar-refractivity contribution in [2.75, 3.05) is 0 Å². The summed E-state index contributed by atoms with van der Waals surface area (Å²) in [5, 5.41) is 0. The van der Waals surface area contributed by atoms with Crippen LogP contribution >= 0.6 is 0 Å². The van der Waals surface area contributed by atoms with E-state index in [1.54, 1.807) is 48.8 Å². The van der Waals surface area contributed by atoms with Gasteiger partial charge in [0.25, 0.3) is 0 Å². The van der Waals surface area contributed by atoms with Gasteiger partial charge >= 0.3 is 18.1 Å². The summed E-state index contributed by atoms with van der Waals surface area (Å²) in [6, 6.07) is 14.5. The van der Waals surface area contributed by atoms with E-state index in [2.05, 4.69) is 9.97 Å². The summed E-state index contributed by atoms with van der Waals surface area (Å²) in [5.74, 6) is -3.49. The number of alkyl halides is 3. The summed E-state index contributed by atoms with van der Waals surface area (Å²) >= 11 is 0. The lowest BCUT2D eigenvalue weighted by Crippen LogP contribution is -2.31. The average molecular weight is 501 g/mol. The molecule has 9 heteroatoms. The molecule has 1 aromatic carbocycles. The first-order valence-electron chi connectivity index (χ1n) is 11.6. The van der Waals surface area contributed by atoms with E-state index in [9.17, 15) is 22.8 Å². The molecule has 2 aromatic heterocycles. The maximum absolute atomic E-state index is 13.3. The van der Waals surface area contributed by atoms with Crippen LogP contribution in [0.15, 0.2) is 73.1 Å². The second-order valence-electron chi connectivity index (χ2n) is 8.20. The minimum Gasteiger partial charge on any atom is -0.459 e. The molecule has 0 saturated heterocycles. The molecule has 2 unspecified atom stereocenters. The summed E-state index contributed by atoms with van der Waals surface area (Å²) in [6.07, 6.45) is 0.229. The molecule has 0 fully saturated rings. The third-order valence-corrected chi connectivity index (χ3v) is 5.60. The highest BCUT2D eigenvalue weighted by molar-refractivity contribution is 5.86. The number of carbonyl (C=O) groups excluding carboxylic acids is 2. The van der Waals surface area contributed by atoms with Crippen molar-refractivity contribution in [1.29, 1.82) is 0 Å². The number of aromatic nitrogens is 2. The van der Waals surface area contributed by atoms with Gasteiger partial charge in [-0.25, -0.2) is 0 Å². The summed E-state index contributed by atoms with van der Waals surface area (Å²) in [4.78, 5) is 34.7. The van der Waals surface area contributed by atoms with E-state index in [-0.39, 0.29) is 18.8 Å². The minimum absolute atomic E-state index is 0.0922. The molecule has 0 N–H and O–H groups in total. The third-order valence-electron chi connectivity index (χ3n) is 5.60. The molecular weight excluding hydrogens is 473 g/mol. The SMILES string of the molecule is CCCCC(C(=O)OCc1ccccn1)C(C(=O)OCc1ccccn1)c1ccc(C(F)(F)F)cc1. The normalized spacial score (nSPS) is 13.0. The van der Waals surface area contributed by atoms with Gasteiger partial charge in [0, 0.05) is 12.4 Å². The molecule has 0 bridgehead atoms. The fourth-order valence-corrected chi connectivity index (χ4v) is 3.71. The van der Waals surface area contributed by atoms with Crippen LogP contribution in [-0.2, 0) is 38.5 Å². The predicted molar refractivity (Wildman–Crippen MR) is 125 cm³/mol. The van der Waals surface area contributed by atoms with Gasteiger partial charge in [-0.1, -0.05) is 44.0 Å². The Balaban J connectivity index is 1.88. The van der Waals surface area contributed by atoms with Crippen LogP contribution in [0, 0.1) is 5.92 Å². The summed E-state index contributed by atoms with van der Waals surface area (Å²) < 4.78 is 50.3. The van der Waals surface area contributed by atoms with Crippen molar-refractivity contribution in [3.05, 3.63) is 95.6 Å². The van der Waals surface area contributed by atoms with E-state index in [0.29, 0.717) is 24.2 Å². The first-order chi connectivity index (χ1) is 17.3. The lowest BCUT2D eigenvalue weighted by molar-refractivity contribution is -0.159. The van der Waals surface area contributed by atoms with Crippen LogP contribution in [0.1, 0.15) is 54.6 Å². The molecule has 0 aliphatic heterocycles. The number of benzene rings is 1. The Morgan fingerprint density at radius 1 is 0.833 bits per heavy atom. The Hall–Kier alpha value is -3.75. The number of hydrogen-bond acceptors (Lipinski definition) is 6. The van der Waals surface area contributed by atoms with Gasteiger partial charge in [-0.15, -0.1) is 0 Å². The molecule has 3 aromatic rings. The first kappa shape index (κ1) is 26.8. The molecule has 36 heavy (non-hydrogen) atoms. The summed E-state index contributed by atoms with van der Waals surface area (Å²) in [7, 11) is 0. The van der Waals surface area contributed by atoms with Gasteiger partial charge in [0.05, 0.1) is 28.8 Å². The molecule has 3 rings (SSSR count). The van der Waals surface area contributed by atoms with Crippen LogP contribution in [-0.4, -0.2) is 21.9 Å². The highest BCUT2D eigenvalue weighted by Gasteiger charge is 2.38. The molecule has 2 heterocycles. The van der Waals surface area contributed by atoms with Gasteiger partial charge < -0.3 is 9.47 Å². The van der Waals surface area contributed by atoms with Crippen LogP contribution < -0.4 is 0 Å². The number of hydrogen-bond donors (Lipinski definition) is 0. The molecule has 2 atom stereocenters. The Morgan fingerprint density at radius 3 is 1.86 bits per heavy atom. The Kier molecular flexibility index (Phi) is 9.55. The molecule has 0 amide bonds. The largest absolute Gasteiger partial charge is 0.459 e. The number of unbranched alkanes of at least 4 members (excludes halogenated alkanes) is 1. The van der Waals surface area contributed by atoms with Gasteiger partial charge in [0.1, 0.15) is 13.2 Å². The zero-order valence-corrected chi connectivity index (χ0v) is 19.8. The minimum atomic E-state index is -4.53. The summed E-state index contributed by atoms with van der Waals surface area (Å²) in [5.41, 5.74) is 0.420. The third kappa shape index (κ3) is 7.63. The second-order valence-corrected chi connectivity index (χ2v) is 8.20. The number of rotatable bonds is 11. The number of ether oxygens (including phenoxy) is 2. The smallest absolute Gasteiger partial charge is 0.416 e. The molecule has 190 valence electrons. The fourth-order valence-electron chi connectivity index (χ4n) is 3.71. The van der Waals surface area contributed by atoms with Gasteiger partial charge in [0.2, 0.25) is 0 Å². The van der Waals surface area contributed by atoms with E-state index in [4.69, 9.17) is 9.47 Å². The molecule has 0 radical (unpaired) electrons. The van der Waals surface area contributed by atoms with Crippen molar-refractivity contribution in [2.45, 2.75) is 51.5 Å². The van der Waals surface area contributed by atoms with Crippen molar-refractivity contribution in [1.82, 2.24) is 9.97 Å². The highest BCUT2D eigenvalue weighted by atomic mass is 19.4. The monoisotopic (exact) mass is 500 g/mol. The second kappa shape index (κ2) is 12.8. The zero-order chi connectivity index (χ0) is 26.0. The van der Waals surface area contributed by atoms with E-state index >= 15 is 0 Å². The van der Waals surface area contributed by atoms with Crippen molar-refractivity contribution in [3.8, 4) is 0 Å². The molecular formula is C27H27F3N2O4. The molecule has 0 aliphatic carbocycles. The highest BCUT2D eigenvalue weighted by Crippen LogP contribution is 2.35. The fraction of sp³-hybridized carbons (Fsp3) is 0.333. The molecule has 0 spiro atoms. The van der Waals surface area contributed by atoms with Crippen molar-refractivity contribution < 1.29 is 32.2 Å². The Bertz CT molecular complexity index is 1110. The molecule has 0 saturated carbocycles. The van der Waals surface area contributed by atoms with Gasteiger partial charge in [0.15, 0.2) is 0 Å². The number of carbonyl (C=O) groups is 2. The van der Waals surface area contributed by atoms with Crippen LogP contribution in [0.3, 0.4) is 0 Å². The van der Waals surface area contributed by atoms with E-state index in [1.165, 1.54) is 12.1 Å². The van der Waals surface area contributed by atoms with E-state index in [0.717, 1.165) is 18.6 Å². The maximum Gasteiger partial charge on any atom is 0.416 e. The number of pyridine rings is 2. The predicted octanol–water partition coefficient (Wildman–Crippen LogP) is 5.87. The van der Waals surface area contributed by atoms with Gasteiger partial charge in [-0.2, -0.15) is 13.2 Å².